The van der Waals surface area contributed by atoms with Crippen LogP contribution >= 0.6 is 0 Å². The number of rotatable bonds is 5. The van der Waals surface area contributed by atoms with Crippen LogP contribution in [0.2, 0.25) is 0 Å². The van der Waals surface area contributed by atoms with Gasteiger partial charge in [-0.15, -0.1) is 5.10 Å². The fourth-order valence-electron chi connectivity index (χ4n) is 2.37. The molecule has 1 amide bonds. The van der Waals surface area contributed by atoms with Crippen molar-refractivity contribution in [2.24, 2.45) is 7.05 Å². The van der Waals surface area contributed by atoms with Crippen LogP contribution in [0.1, 0.15) is 10.4 Å². The summed E-state index contributed by atoms with van der Waals surface area (Å²) in [6.45, 7) is 0.311. The molecule has 7 nitrogen and oxygen atoms in total. The van der Waals surface area contributed by atoms with E-state index in [1.54, 1.807) is 37.5 Å². The number of halogens is 1. The quantitative estimate of drug-likeness (QED) is 0.756. The highest BCUT2D eigenvalue weighted by Crippen LogP contribution is 2.10. The second-order valence-electron chi connectivity index (χ2n) is 5.34. The van der Waals surface area contributed by atoms with Crippen LogP contribution < -0.4 is 11.0 Å². The molecule has 3 aromatic rings. The van der Waals surface area contributed by atoms with Crippen molar-refractivity contribution in [2.45, 2.75) is 6.54 Å². The Morgan fingerprint density at radius 3 is 2.68 bits per heavy atom. The Balaban J connectivity index is 1.69. The topological polar surface area (TPSA) is 81.8 Å². The number of hydrogen-bond donors (Lipinski definition) is 1. The lowest BCUT2D eigenvalue weighted by Crippen LogP contribution is -2.32. The average molecular weight is 341 g/mol. The van der Waals surface area contributed by atoms with Gasteiger partial charge in [0, 0.05) is 19.8 Å². The molecule has 0 aliphatic carbocycles. The van der Waals surface area contributed by atoms with Crippen molar-refractivity contribution in [3.8, 4) is 11.5 Å². The zero-order valence-electron chi connectivity index (χ0n) is 13.5. The van der Waals surface area contributed by atoms with Crippen molar-refractivity contribution in [2.75, 3.05) is 6.54 Å². The highest BCUT2D eigenvalue weighted by Gasteiger charge is 2.14. The molecule has 0 saturated carbocycles. The summed E-state index contributed by atoms with van der Waals surface area (Å²) in [4.78, 5) is 28.4. The van der Waals surface area contributed by atoms with Crippen LogP contribution in [0.15, 0.2) is 53.5 Å². The van der Waals surface area contributed by atoms with E-state index in [-0.39, 0.29) is 24.3 Å². The van der Waals surface area contributed by atoms with Crippen LogP contribution in [0, 0.1) is 5.82 Å². The van der Waals surface area contributed by atoms with Crippen LogP contribution in [0.5, 0.6) is 0 Å². The van der Waals surface area contributed by atoms with E-state index in [0.29, 0.717) is 11.5 Å². The Hall–Kier alpha value is -3.29. The number of benzene rings is 1. The summed E-state index contributed by atoms with van der Waals surface area (Å²) in [6, 6.07) is 11.1. The fraction of sp³-hybridized carbons (Fsp3) is 0.176. The molecular formula is C17H16FN5O2. The highest BCUT2D eigenvalue weighted by molar-refractivity contribution is 5.94. The zero-order chi connectivity index (χ0) is 17.8. The fourth-order valence-corrected chi connectivity index (χ4v) is 2.37. The second-order valence-corrected chi connectivity index (χ2v) is 5.34. The minimum absolute atomic E-state index is 0.0370. The van der Waals surface area contributed by atoms with Gasteiger partial charge < -0.3 is 5.32 Å². The van der Waals surface area contributed by atoms with E-state index in [9.17, 15) is 14.0 Å². The van der Waals surface area contributed by atoms with E-state index in [0.717, 1.165) is 0 Å². The number of nitrogens with one attached hydrogen (secondary N) is 1. The van der Waals surface area contributed by atoms with Crippen LogP contribution in [0.4, 0.5) is 4.39 Å². The van der Waals surface area contributed by atoms with E-state index in [1.165, 1.54) is 27.4 Å². The Bertz CT molecular complexity index is 949. The molecule has 8 heteroatoms. The third-order valence-electron chi connectivity index (χ3n) is 3.66. The first-order valence-electron chi connectivity index (χ1n) is 7.66. The van der Waals surface area contributed by atoms with Gasteiger partial charge in [-0.3, -0.25) is 14.3 Å². The molecule has 2 heterocycles. The molecule has 0 fully saturated rings. The van der Waals surface area contributed by atoms with E-state index in [2.05, 4.69) is 15.4 Å². The van der Waals surface area contributed by atoms with Crippen LogP contribution in [0.25, 0.3) is 11.5 Å². The van der Waals surface area contributed by atoms with Gasteiger partial charge in [0.15, 0.2) is 5.82 Å². The molecule has 0 radical (unpaired) electrons. The van der Waals surface area contributed by atoms with E-state index in [4.69, 9.17) is 0 Å². The lowest BCUT2D eigenvalue weighted by Gasteiger charge is -2.05. The predicted octanol–water partition coefficient (Wildman–Crippen LogP) is 1.21. The summed E-state index contributed by atoms with van der Waals surface area (Å²) in [5, 5.41) is 6.83. The number of aromatic nitrogens is 4. The maximum Gasteiger partial charge on any atom is 0.346 e. The summed E-state index contributed by atoms with van der Waals surface area (Å²) in [6.07, 6.45) is 1.62. The molecule has 3 rings (SSSR count). The Morgan fingerprint density at radius 1 is 1.20 bits per heavy atom. The smallest absolute Gasteiger partial charge is 0.346 e. The summed E-state index contributed by atoms with van der Waals surface area (Å²) in [5.41, 5.74) is 0.224. The Labute approximate surface area is 142 Å². The standard InChI is InChI=1S/C17H16FN5O2/c1-22-15(14-8-4-5-9-19-14)21-23(17(22)25)11-10-20-16(24)12-6-2-3-7-13(12)18/h2-9H,10-11H2,1H3,(H,20,24). The first-order chi connectivity index (χ1) is 12.1. The lowest BCUT2D eigenvalue weighted by atomic mass is 10.2. The lowest BCUT2D eigenvalue weighted by molar-refractivity contribution is 0.0947. The SMILES string of the molecule is Cn1c(-c2ccccn2)nn(CCNC(=O)c2ccccc2F)c1=O. The van der Waals surface area contributed by atoms with Crippen molar-refractivity contribution < 1.29 is 9.18 Å². The van der Waals surface area contributed by atoms with Crippen molar-refractivity contribution in [1.82, 2.24) is 24.6 Å². The number of carbonyl (C=O) groups excluding carboxylic acids is 1. The summed E-state index contributed by atoms with van der Waals surface area (Å²) < 4.78 is 16.2. The molecule has 0 unspecified atom stereocenters. The molecule has 0 bridgehead atoms. The maximum atomic E-state index is 13.6. The van der Waals surface area contributed by atoms with E-state index >= 15 is 0 Å². The molecule has 0 saturated heterocycles. The van der Waals surface area contributed by atoms with Gasteiger partial charge in [-0.25, -0.2) is 13.9 Å². The van der Waals surface area contributed by atoms with Gasteiger partial charge in [0.2, 0.25) is 0 Å². The highest BCUT2D eigenvalue weighted by atomic mass is 19.1. The molecule has 0 spiro atoms. The number of nitrogens with zero attached hydrogens (tertiary/aromatic N) is 4. The zero-order valence-corrected chi connectivity index (χ0v) is 13.5. The molecule has 1 aromatic carbocycles. The van der Waals surface area contributed by atoms with Gasteiger partial charge in [-0.2, -0.15) is 0 Å². The maximum absolute atomic E-state index is 13.6. The summed E-state index contributed by atoms with van der Waals surface area (Å²) in [5.74, 6) is -0.689. The third-order valence-corrected chi connectivity index (χ3v) is 3.66. The van der Waals surface area contributed by atoms with Crippen molar-refractivity contribution in [3.63, 3.8) is 0 Å². The summed E-state index contributed by atoms with van der Waals surface area (Å²) in [7, 11) is 1.60. The van der Waals surface area contributed by atoms with Gasteiger partial charge in [0.25, 0.3) is 5.91 Å². The van der Waals surface area contributed by atoms with Gasteiger partial charge in [0.05, 0.1) is 12.1 Å². The first-order valence-corrected chi connectivity index (χ1v) is 7.66. The summed E-state index contributed by atoms with van der Waals surface area (Å²) >= 11 is 0. The van der Waals surface area contributed by atoms with Crippen molar-refractivity contribution >= 4 is 5.91 Å². The predicted molar refractivity (Wildman–Crippen MR) is 89.4 cm³/mol. The third kappa shape index (κ3) is 3.47. The minimum atomic E-state index is -0.590. The van der Waals surface area contributed by atoms with E-state index < -0.39 is 11.7 Å². The second kappa shape index (κ2) is 7.08. The number of amides is 1. The van der Waals surface area contributed by atoms with Gasteiger partial charge in [-0.1, -0.05) is 18.2 Å². The molecule has 0 atom stereocenters. The molecule has 128 valence electrons. The van der Waals surface area contributed by atoms with Crippen molar-refractivity contribution in [1.29, 1.82) is 0 Å². The van der Waals surface area contributed by atoms with Crippen molar-refractivity contribution in [3.05, 3.63) is 70.5 Å². The number of pyridine rings is 1. The molecule has 25 heavy (non-hydrogen) atoms. The Morgan fingerprint density at radius 2 is 1.96 bits per heavy atom. The van der Waals surface area contributed by atoms with Gasteiger partial charge in [-0.05, 0) is 24.3 Å². The molecule has 0 aliphatic rings. The Kier molecular flexibility index (Phi) is 4.69. The van der Waals surface area contributed by atoms with E-state index in [1.807, 2.05) is 0 Å². The normalized spacial score (nSPS) is 10.6. The molecule has 0 aliphatic heterocycles. The number of carbonyl (C=O) groups is 1. The van der Waals surface area contributed by atoms with Crippen LogP contribution in [-0.2, 0) is 13.6 Å². The molecule has 1 N–H and O–H groups in total. The van der Waals surface area contributed by atoms with Gasteiger partial charge in [0.1, 0.15) is 11.5 Å². The molecule has 2 aromatic heterocycles. The monoisotopic (exact) mass is 341 g/mol. The number of hydrogen-bond acceptors (Lipinski definition) is 4. The average Bonchev–Trinajstić information content (AvgIpc) is 2.91. The largest absolute Gasteiger partial charge is 0.350 e. The van der Waals surface area contributed by atoms with Crippen LogP contribution in [-0.4, -0.2) is 31.8 Å². The minimum Gasteiger partial charge on any atom is -0.350 e. The molecular weight excluding hydrogens is 325 g/mol. The first kappa shape index (κ1) is 16.6. The van der Waals surface area contributed by atoms with Crippen LogP contribution in [0.3, 0.4) is 0 Å². The van der Waals surface area contributed by atoms with Gasteiger partial charge >= 0.3 is 5.69 Å².